The second-order valence-corrected chi connectivity index (χ2v) is 5.23. The number of benzene rings is 1. The maximum absolute atomic E-state index is 13.0. The van der Waals surface area contributed by atoms with Crippen LogP contribution in [0.25, 0.3) is 0 Å². The summed E-state index contributed by atoms with van der Waals surface area (Å²) in [5, 5.41) is 2.81. The predicted octanol–water partition coefficient (Wildman–Crippen LogP) is 1.05. The number of nitrogens with one attached hydrogen (secondary N) is 2. The molecule has 7 heteroatoms. The molecule has 0 spiro atoms. The van der Waals surface area contributed by atoms with Crippen molar-refractivity contribution in [2.75, 3.05) is 20.1 Å². The van der Waals surface area contributed by atoms with E-state index in [0.717, 1.165) is 6.07 Å². The van der Waals surface area contributed by atoms with E-state index in [9.17, 15) is 12.8 Å². The molecule has 0 amide bonds. The number of rotatable bonds is 5. The first-order chi connectivity index (χ1) is 7.45. The third-order valence-electron chi connectivity index (χ3n) is 1.99. The van der Waals surface area contributed by atoms with Gasteiger partial charge in [0.25, 0.3) is 0 Å². The fourth-order valence-corrected chi connectivity index (χ4v) is 2.40. The number of aryl methyl sites for hydroxylation is 1. The Kier molecular flexibility index (Phi) is 6.62. The van der Waals surface area contributed by atoms with E-state index in [4.69, 9.17) is 0 Å². The highest BCUT2D eigenvalue weighted by molar-refractivity contribution is 7.89. The Morgan fingerprint density at radius 3 is 2.41 bits per heavy atom. The van der Waals surface area contributed by atoms with E-state index in [1.54, 1.807) is 14.0 Å². The molecule has 1 aromatic carbocycles. The molecule has 4 nitrogen and oxygen atoms in total. The van der Waals surface area contributed by atoms with E-state index in [2.05, 4.69) is 10.0 Å². The molecule has 0 radical (unpaired) electrons. The van der Waals surface area contributed by atoms with Crippen LogP contribution >= 0.6 is 12.4 Å². The molecular formula is C10H16ClFN2O2S. The zero-order valence-corrected chi connectivity index (χ0v) is 11.3. The molecule has 0 saturated carbocycles. The quantitative estimate of drug-likeness (QED) is 0.794. The molecule has 0 atom stereocenters. The van der Waals surface area contributed by atoms with Gasteiger partial charge < -0.3 is 5.32 Å². The van der Waals surface area contributed by atoms with E-state index in [-0.39, 0.29) is 23.8 Å². The third kappa shape index (κ3) is 4.99. The van der Waals surface area contributed by atoms with Gasteiger partial charge in [0.1, 0.15) is 5.82 Å². The van der Waals surface area contributed by atoms with Gasteiger partial charge in [0.15, 0.2) is 0 Å². The second-order valence-electron chi connectivity index (χ2n) is 3.47. The van der Waals surface area contributed by atoms with E-state index in [1.807, 2.05) is 0 Å². The second kappa shape index (κ2) is 6.90. The third-order valence-corrected chi connectivity index (χ3v) is 3.43. The first-order valence-electron chi connectivity index (χ1n) is 4.87. The number of sulfonamides is 1. The Bertz CT molecular complexity index is 445. The van der Waals surface area contributed by atoms with Crippen molar-refractivity contribution in [1.82, 2.24) is 10.0 Å². The summed E-state index contributed by atoms with van der Waals surface area (Å²) in [5.41, 5.74) is 0.578. The van der Waals surface area contributed by atoms with E-state index >= 15 is 0 Å². The fraction of sp³-hybridized carbons (Fsp3) is 0.400. The van der Waals surface area contributed by atoms with Crippen LogP contribution < -0.4 is 10.0 Å². The molecule has 0 bridgehead atoms. The molecule has 0 aliphatic rings. The molecule has 0 fully saturated rings. The maximum atomic E-state index is 13.0. The van der Waals surface area contributed by atoms with Crippen LogP contribution in [0.3, 0.4) is 0 Å². The van der Waals surface area contributed by atoms with Gasteiger partial charge in [0.05, 0.1) is 4.90 Å². The molecule has 2 N–H and O–H groups in total. The van der Waals surface area contributed by atoms with Gasteiger partial charge in [0, 0.05) is 13.1 Å². The number of halogens is 2. The van der Waals surface area contributed by atoms with Gasteiger partial charge in [-0.05, 0) is 37.7 Å². The van der Waals surface area contributed by atoms with Crippen molar-refractivity contribution in [2.24, 2.45) is 0 Å². The van der Waals surface area contributed by atoms with Crippen LogP contribution in [0.2, 0.25) is 0 Å². The lowest BCUT2D eigenvalue weighted by molar-refractivity contribution is 0.575. The first kappa shape index (κ1) is 16.3. The van der Waals surface area contributed by atoms with Gasteiger partial charge in [-0.2, -0.15) is 0 Å². The zero-order valence-electron chi connectivity index (χ0n) is 9.66. The summed E-state index contributed by atoms with van der Waals surface area (Å²) >= 11 is 0. The molecule has 1 aromatic rings. The lowest BCUT2D eigenvalue weighted by atomic mass is 10.2. The Morgan fingerprint density at radius 2 is 1.88 bits per heavy atom. The van der Waals surface area contributed by atoms with Crippen LogP contribution in [0.4, 0.5) is 4.39 Å². The highest BCUT2D eigenvalue weighted by atomic mass is 35.5. The van der Waals surface area contributed by atoms with Gasteiger partial charge in [-0.25, -0.2) is 17.5 Å². The minimum Gasteiger partial charge on any atom is -0.318 e. The van der Waals surface area contributed by atoms with Crippen molar-refractivity contribution >= 4 is 22.4 Å². The zero-order chi connectivity index (χ0) is 12.2. The van der Waals surface area contributed by atoms with Crippen molar-refractivity contribution in [1.29, 1.82) is 0 Å². The average molecular weight is 283 g/mol. The topological polar surface area (TPSA) is 58.2 Å². The first-order valence-corrected chi connectivity index (χ1v) is 6.35. The largest absolute Gasteiger partial charge is 0.318 e. The highest BCUT2D eigenvalue weighted by Gasteiger charge is 2.14. The molecule has 1 rings (SSSR count). The standard InChI is InChI=1S/C10H15FN2O2S.ClH/c1-8-5-9(11)7-10(6-8)16(14,15)13-4-3-12-2;/h5-7,12-13H,3-4H2,1-2H3;1H. The van der Waals surface area contributed by atoms with Crippen molar-refractivity contribution < 1.29 is 12.8 Å². The van der Waals surface area contributed by atoms with Crippen molar-refractivity contribution in [3.8, 4) is 0 Å². The summed E-state index contributed by atoms with van der Waals surface area (Å²) in [5.74, 6) is -0.547. The predicted molar refractivity (Wildman–Crippen MR) is 67.5 cm³/mol. The lowest BCUT2D eigenvalue weighted by Crippen LogP contribution is -2.30. The highest BCUT2D eigenvalue weighted by Crippen LogP contribution is 2.13. The van der Waals surface area contributed by atoms with Crippen molar-refractivity contribution in [3.63, 3.8) is 0 Å². The Labute approximate surface area is 107 Å². The van der Waals surface area contributed by atoms with Crippen LogP contribution in [-0.4, -0.2) is 28.6 Å². The maximum Gasteiger partial charge on any atom is 0.240 e. The van der Waals surface area contributed by atoms with Gasteiger partial charge in [-0.15, -0.1) is 12.4 Å². The molecule has 17 heavy (non-hydrogen) atoms. The van der Waals surface area contributed by atoms with Crippen LogP contribution in [0, 0.1) is 12.7 Å². The minimum atomic E-state index is -3.61. The normalized spacial score (nSPS) is 11.0. The summed E-state index contributed by atoms with van der Waals surface area (Å²) in [4.78, 5) is -0.0406. The molecule has 0 aromatic heterocycles. The van der Waals surface area contributed by atoms with Crippen molar-refractivity contribution in [2.45, 2.75) is 11.8 Å². The monoisotopic (exact) mass is 282 g/mol. The molecule has 0 heterocycles. The van der Waals surface area contributed by atoms with E-state index in [1.165, 1.54) is 12.1 Å². The van der Waals surface area contributed by atoms with E-state index in [0.29, 0.717) is 12.1 Å². The number of hydrogen-bond acceptors (Lipinski definition) is 3. The van der Waals surface area contributed by atoms with Gasteiger partial charge in [-0.1, -0.05) is 0 Å². The van der Waals surface area contributed by atoms with Crippen LogP contribution in [0.1, 0.15) is 5.56 Å². The molecule has 0 unspecified atom stereocenters. The number of hydrogen-bond donors (Lipinski definition) is 2. The van der Waals surface area contributed by atoms with Crippen LogP contribution in [0.15, 0.2) is 23.1 Å². The summed E-state index contributed by atoms with van der Waals surface area (Å²) in [7, 11) is -1.88. The van der Waals surface area contributed by atoms with Gasteiger partial charge in [0.2, 0.25) is 10.0 Å². The summed E-state index contributed by atoms with van der Waals surface area (Å²) in [6, 6.07) is 3.73. The minimum absolute atomic E-state index is 0. The van der Waals surface area contributed by atoms with Crippen LogP contribution in [-0.2, 0) is 10.0 Å². The molecular weight excluding hydrogens is 267 g/mol. The Balaban J connectivity index is 0.00000256. The van der Waals surface area contributed by atoms with Gasteiger partial charge >= 0.3 is 0 Å². The van der Waals surface area contributed by atoms with Crippen LogP contribution in [0.5, 0.6) is 0 Å². The molecule has 0 aliphatic heterocycles. The smallest absolute Gasteiger partial charge is 0.240 e. The van der Waals surface area contributed by atoms with Crippen molar-refractivity contribution in [3.05, 3.63) is 29.6 Å². The van der Waals surface area contributed by atoms with Gasteiger partial charge in [-0.3, -0.25) is 0 Å². The Morgan fingerprint density at radius 1 is 1.24 bits per heavy atom. The number of likely N-dealkylation sites (N-methyl/N-ethyl adjacent to an activating group) is 1. The Hall–Kier alpha value is -0.690. The molecule has 0 saturated heterocycles. The van der Waals surface area contributed by atoms with E-state index < -0.39 is 15.8 Å². The lowest BCUT2D eigenvalue weighted by Gasteiger charge is -2.07. The average Bonchev–Trinajstić information content (AvgIpc) is 2.16. The molecule has 0 aliphatic carbocycles. The summed E-state index contributed by atoms with van der Waals surface area (Å²) in [6.45, 7) is 2.44. The summed E-state index contributed by atoms with van der Waals surface area (Å²) < 4.78 is 38.8. The summed E-state index contributed by atoms with van der Waals surface area (Å²) in [6.07, 6.45) is 0. The molecule has 98 valence electrons. The SMILES string of the molecule is CNCCNS(=O)(=O)c1cc(C)cc(F)c1.Cl. The fourth-order valence-electron chi connectivity index (χ4n) is 1.25.